The quantitative estimate of drug-likeness (QED) is 0.396. The molecule has 166 valence electrons. The van der Waals surface area contributed by atoms with E-state index < -0.39 is 29.1 Å². The summed E-state index contributed by atoms with van der Waals surface area (Å²) in [6.07, 6.45) is 0. The number of hydrogen-bond acceptors (Lipinski definition) is 3. The zero-order chi connectivity index (χ0) is 23.6. The molecular weight excluding hydrogens is 485 g/mol. The smallest absolute Gasteiger partial charge is 0.326 e. The Hall–Kier alpha value is -2.87. The number of aryl methyl sites for hydroxylation is 1. The summed E-state index contributed by atoms with van der Waals surface area (Å²) in [5.74, 6) is -2.69. The normalized spacial score (nSPS) is 10.6. The highest BCUT2D eigenvalue weighted by atomic mass is 35.5. The average Bonchev–Trinajstić information content (AvgIpc) is 2.71. The van der Waals surface area contributed by atoms with Gasteiger partial charge in [0.25, 0.3) is 5.91 Å². The van der Waals surface area contributed by atoms with E-state index in [0.29, 0.717) is 32.7 Å². The highest BCUT2D eigenvalue weighted by Crippen LogP contribution is 2.39. The Labute approximate surface area is 197 Å². The molecule has 0 radical (unpaired) electrons. The summed E-state index contributed by atoms with van der Waals surface area (Å²) in [5, 5.41) is 5.19. The number of carbonyl (C=O) groups excluding carboxylic acids is 2. The molecule has 3 rings (SSSR count). The minimum atomic E-state index is -1.24. The maximum absolute atomic E-state index is 13.7. The monoisotopic (exact) mass is 498 g/mol. The lowest BCUT2D eigenvalue weighted by Crippen LogP contribution is -2.35. The summed E-state index contributed by atoms with van der Waals surface area (Å²) in [5.41, 5.74) is 0.300. The van der Waals surface area contributed by atoms with Gasteiger partial charge in [0.1, 0.15) is 28.7 Å². The molecule has 0 fully saturated rings. The molecule has 10 heteroatoms. The maximum atomic E-state index is 13.7. The van der Waals surface area contributed by atoms with Crippen LogP contribution < -0.4 is 15.4 Å². The predicted molar refractivity (Wildman–Crippen MR) is 120 cm³/mol. The van der Waals surface area contributed by atoms with E-state index in [1.165, 1.54) is 6.07 Å². The van der Waals surface area contributed by atoms with Crippen molar-refractivity contribution in [2.75, 3.05) is 5.32 Å². The molecule has 3 aromatic rings. The topological polar surface area (TPSA) is 67.4 Å². The van der Waals surface area contributed by atoms with Crippen LogP contribution in [0.2, 0.25) is 15.1 Å². The second-order valence-electron chi connectivity index (χ2n) is 6.69. The Kier molecular flexibility index (Phi) is 7.23. The molecule has 32 heavy (non-hydrogen) atoms. The van der Waals surface area contributed by atoms with Gasteiger partial charge in [-0.1, -0.05) is 40.9 Å². The van der Waals surface area contributed by atoms with E-state index >= 15 is 0 Å². The Morgan fingerprint density at radius 1 is 0.938 bits per heavy atom. The number of urea groups is 1. The first-order valence-corrected chi connectivity index (χ1v) is 10.2. The number of hydrogen-bond donors (Lipinski definition) is 2. The lowest BCUT2D eigenvalue weighted by Gasteiger charge is -2.17. The first kappa shape index (κ1) is 23.8. The van der Waals surface area contributed by atoms with Crippen molar-refractivity contribution in [3.05, 3.63) is 85.9 Å². The number of halogens is 5. The number of nitrogens with one attached hydrogen (secondary N) is 2. The van der Waals surface area contributed by atoms with Crippen LogP contribution in [0.15, 0.2) is 42.5 Å². The van der Waals surface area contributed by atoms with Crippen LogP contribution in [0.25, 0.3) is 0 Å². The van der Waals surface area contributed by atoms with Crippen molar-refractivity contribution in [3.63, 3.8) is 0 Å². The van der Waals surface area contributed by atoms with E-state index in [1.54, 1.807) is 32.0 Å². The standard InChI is InChI=1S/C22H15Cl3F2N2O3/c1-10-8-17(32-16-7-6-12(23)9-13(16)24)11(2)19(25)20(10)28-22(31)29-21(30)18-14(26)4-3-5-15(18)27/h3-9H,1-2H3,(H2,28,29,30,31). The fourth-order valence-electron chi connectivity index (χ4n) is 2.81. The van der Waals surface area contributed by atoms with Crippen LogP contribution >= 0.6 is 34.8 Å². The number of carbonyl (C=O) groups is 2. The van der Waals surface area contributed by atoms with Crippen molar-refractivity contribution in [2.45, 2.75) is 13.8 Å². The third kappa shape index (κ3) is 5.12. The summed E-state index contributed by atoms with van der Waals surface area (Å²) in [6.45, 7) is 3.31. The highest BCUT2D eigenvalue weighted by molar-refractivity contribution is 6.36. The van der Waals surface area contributed by atoms with Gasteiger partial charge in [-0.3, -0.25) is 10.1 Å². The molecule has 0 unspecified atom stereocenters. The van der Waals surface area contributed by atoms with E-state index in [0.717, 1.165) is 18.2 Å². The third-order valence-electron chi connectivity index (χ3n) is 4.43. The van der Waals surface area contributed by atoms with Gasteiger partial charge in [-0.25, -0.2) is 13.6 Å². The van der Waals surface area contributed by atoms with E-state index in [1.807, 2.05) is 5.32 Å². The number of amides is 3. The molecule has 2 N–H and O–H groups in total. The molecule has 3 amide bonds. The summed E-state index contributed by atoms with van der Waals surface area (Å²) in [4.78, 5) is 24.4. The fraction of sp³-hybridized carbons (Fsp3) is 0.0909. The molecule has 0 spiro atoms. The van der Waals surface area contributed by atoms with Crippen LogP contribution in [-0.4, -0.2) is 11.9 Å². The number of ether oxygens (including phenoxy) is 1. The van der Waals surface area contributed by atoms with Crippen molar-refractivity contribution in [1.82, 2.24) is 5.32 Å². The van der Waals surface area contributed by atoms with Gasteiger partial charge in [0, 0.05) is 10.6 Å². The molecule has 0 aliphatic carbocycles. The highest BCUT2D eigenvalue weighted by Gasteiger charge is 2.21. The number of benzene rings is 3. The SMILES string of the molecule is Cc1cc(Oc2ccc(Cl)cc2Cl)c(C)c(Cl)c1NC(=O)NC(=O)c1c(F)cccc1F. The van der Waals surface area contributed by atoms with Gasteiger partial charge < -0.3 is 10.1 Å². The molecule has 0 bridgehead atoms. The van der Waals surface area contributed by atoms with Crippen LogP contribution in [0.5, 0.6) is 11.5 Å². The van der Waals surface area contributed by atoms with E-state index in [-0.39, 0.29) is 10.7 Å². The minimum absolute atomic E-state index is 0.143. The largest absolute Gasteiger partial charge is 0.455 e. The second-order valence-corrected chi connectivity index (χ2v) is 7.91. The fourth-order valence-corrected chi connectivity index (χ4v) is 3.54. The summed E-state index contributed by atoms with van der Waals surface area (Å²) in [7, 11) is 0. The molecule has 0 aliphatic heterocycles. The molecule has 0 aliphatic rings. The third-order valence-corrected chi connectivity index (χ3v) is 5.43. The molecule has 0 saturated heterocycles. The predicted octanol–water partition coefficient (Wildman–Crippen LogP) is 7.30. The molecule has 0 saturated carbocycles. The van der Waals surface area contributed by atoms with Gasteiger partial charge >= 0.3 is 6.03 Å². The first-order valence-electron chi connectivity index (χ1n) is 9.07. The van der Waals surface area contributed by atoms with Gasteiger partial charge in [-0.15, -0.1) is 0 Å². The van der Waals surface area contributed by atoms with Crippen molar-refractivity contribution in [2.24, 2.45) is 0 Å². The number of rotatable bonds is 4. The molecule has 0 heterocycles. The number of imide groups is 1. The lowest BCUT2D eigenvalue weighted by atomic mass is 10.1. The molecule has 5 nitrogen and oxygen atoms in total. The van der Waals surface area contributed by atoms with Crippen LogP contribution in [0.1, 0.15) is 21.5 Å². The van der Waals surface area contributed by atoms with Crippen LogP contribution in [-0.2, 0) is 0 Å². The Balaban J connectivity index is 1.81. The van der Waals surface area contributed by atoms with E-state index in [9.17, 15) is 18.4 Å². The zero-order valence-corrected chi connectivity index (χ0v) is 18.9. The van der Waals surface area contributed by atoms with Crippen LogP contribution in [0.3, 0.4) is 0 Å². The van der Waals surface area contributed by atoms with Gasteiger partial charge in [0.15, 0.2) is 0 Å². The van der Waals surface area contributed by atoms with Crippen molar-refractivity contribution in [3.8, 4) is 11.5 Å². The molecule has 3 aromatic carbocycles. The van der Waals surface area contributed by atoms with Gasteiger partial charge in [-0.2, -0.15) is 0 Å². The van der Waals surface area contributed by atoms with Gasteiger partial charge in [0.2, 0.25) is 0 Å². The summed E-state index contributed by atoms with van der Waals surface area (Å²) >= 11 is 18.4. The van der Waals surface area contributed by atoms with Crippen LogP contribution in [0, 0.1) is 25.5 Å². The van der Waals surface area contributed by atoms with Crippen molar-refractivity contribution >= 4 is 52.4 Å². The molecular formula is C22H15Cl3F2N2O3. The van der Waals surface area contributed by atoms with E-state index in [2.05, 4.69) is 5.32 Å². The Morgan fingerprint density at radius 2 is 1.59 bits per heavy atom. The molecule has 0 atom stereocenters. The Bertz CT molecular complexity index is 1220. The van der Waals surface area contributed by atoms with Gasteiger partial charge in [-0.05, 0) is 55.8 Å². The maximum Gasteiger partial charge on any atom is 0.326 e. The lowest BCUT2D eigenvalue weighted by molar-refractivity contribution is 0.0959. The van der Waals surface area contributed by atoms with E-state index in [4.69, 9.17) is 39.5 Å². The van der Waals surface area contributed by atoms with Crippen molar-refractivity contribution < 1.29 is 23.1 Å². The average molecular weight is 500 g/mol. The summed E-state index contributed by atoms with van der Waals surface area (Å²) in [6, 6.07) is 8.25. The zero-order valence-electron chi connectivity index (χ0n) is 16.7. The van der Waals surface area contributed by atoms with Crippen LogP contribution in [0.4, 0.5) is 19.3 Å². The van der Waals surface area contributed by atoms with Crippen molar-refractivity contribution in [1.29, 1.82) is 0 Å². The number of anilines is 1. The Morgan fingerprint density at radius 3 is 2.22 bits per heavy atom. The molecule has 0 aromatic heterocycles. The van der Waals surface area contributed by atoms with Gasteiger partial charge in [0.05, 0.1) is 15.7 Å². The minimum Gasteiger partial charge on any atom is -0.455 e. The summed E-state index contributed by atoms with van der Waals surface area (Å²) < 4.78 is 33.3. The second kappa shape index (κ2) is 9.73. The first-order chi connectivity index (χ1) is 15.1.